The standard InChI is InChI=1S/C27H25NO6/c1-27(2,3)18-12-10-16(11-13-18)22-21(23(29)20-9-6-14-34-20)24(30)25(31)28(22)19-8-5-7-17(15-19)26(32)33-4/h5-15,22,30H,1-4H3. The zero-order chi connectivity index (χ0) is 24.6. The molecular formula is C27H25NO6. The van der Waals surface area contributed by atoms with Crippen molar-refractivity contribution in [2.75, 3.05) is 12.0 Å². The molecule has 0 saturated carbocycles. The number of Topliss-reactive ketones (excluding diaryl/α,β-unsaturated/α-hetero) is 1. The molecule has 174 valence electrons. The van der Waals surface area contributed by atoms with Crippen molar-refractivity contribution in [1.29, 1.82) is 0 Å². The molecule has 7 heteroatoms. The first kappa shape index (κ1) is 23.0. The van der Waals surface area contributed by atoms with Gasteiger partial charge in [0.1, 0.15) is 0 Å². The minimum absolute atomic E-state index is 0.0100. The van der Waals surface area contributed by atoms with Gasteiger partial charge in [-0.25, -0.2) is 4.79 Å². The molecule has 1 aliphatic heterocycles. The van der Waals surface area contributed by atoms with E-state index in [2.05, 4.69) is 20.8 Å². The van der Waals surface area contributed by atoms with E-state index >= 15 is 0 Å². The van der Waals surface area contributed by atoms with Crippen LogP contribution in [0.5, 0.6) is 0 Å². The summed E-state index contributed by atoms with van der Waals surface area (Å²) in [5.74, 6) is -2.55. The first-order chi connectivity index (χ1) is 16.1. The number of carbonyl (C=O) groups is 3. The van der Waals surface area contributed by atoms with Gasteiger partial charge < -0.3 is 14.3 Å². The number of amides is 1. The number of aliphatic hydroxyl groups excluding tert-OH is 1. The van der Waals surface area contributed by atoms with Crippen molar-refractivity contribution in [2.45, 2.75) is 32.2 Å². The topological polar surface area (TPSA) is 97.0 Å². The van der Waals surface area contributed by atoms with E-state index in [1.165, 1.54) is 30.4 Å². The minimum atomic E-state index is -0.924. The van der Waals surface area contributed by atoms with Crippen LogP contribution in [0.25, 0.3) is 0 Å². The average molecular weight is 459 g/mol. The summed E-state index contributed by atoms with van der Waals surface area (Å²) in [6, 6.07) is 16.0. The van der Waals surface area contributed by atoms with Gasteiger partial charge in [0.05, 0.1) is 30.6 Å². The molecule has 0 spiro atoms. The number of methoxy groups -OCH3 is 1. The molecule has 0 fully saturated rings. The van der Waals surface area contributed by atoms with E-state index in [0.717, 1.165) is 5.56 Å². The van der Waals surface area contributed by atoms with Gasteiger partial charge in [0, 0.05) is 5.69 Å². The van der Waals surface area contributed by atoms with E-state index in [1.54, 1.807) is 24.3 Å². The third-order valence-electron chi connectivity index (χ3n) is 5.84. The Labute approximate surface area is 197 Å². The van der Waals surface area contributed by atoms with E-state index in [0.29, 0.717) is 11.3 Å². The Balaban J connectivity index is 1.87. The van der Waals surface area contributed by atoms with Crippen LogP contribution >= 0.6 is 0 Å². The Bertz CT molecular complexity index is 1280. The first-order valence-electron chi connectivity index (χ1n) is 10.8. The smallest absolute Gasteiger partial charge is 0.337 e. The van der Waals surface area contributed by atoms with Crippen molar-refractivity contribution in [3.8, 4) is 0 Å². The van der Waals surface area contributed by atoms with Crippen molar-refractivity contribution >= 4 is 23.3 Å². The molecule has 2 heterocycles. The summed E-state index contributed by atoms with van der Waals surface area (Å²) in [4.78, 5) is 40.0. The summed E-state index contributed by atoms with van der Waals surface area (Å²) in [6.07, 6.45) is 1.35. The van der Waals surface area contributed by atoms with Gasteiger partial charge in [-0.1, -0.05) is 51.1 Å². The summed E-state index contributed by atoms with van der Waals surface area (Å²) in [5, 5.41) is 10.8. The second-order valence-corrected chi connectivity index (χ2v) is 9.06. The van der Waals surface area contributed by atoms with Crippen molar-refractivity contribution in [1.82, 2.24) is 0 Å². The summed E-state index contributed by atoms with van der Waals surface area (Å²) >= 11 is 0. The molecule has 1 unspecified atom stereocenters. The van der Waals surface area contributed by atoms with Gasteiger partial charge in [0.15, 0.2) is 11.5 Å². The maximum absolute atomic E-state index is 13.3. The molecule has 0 radical (unpaired) electrons. The van der Waals surface area contributed by atoms with Gasteiger partial charge in [-0.3, -0.25) is 14.5 Å². The molecule has 7 nitrogen and oxygen atoms in total. The van der Waals surface area contributed by atoms with E-state index in [1.807, 2.05) is 24.3 Å². The fraction of sp³-hybridized carbons (Fsp3) is 0.222. The minimum Gasteiger partial charge on any atom is -0.503 e. The number of ether oxygens (including phenoxy) is 1. The van der Waals surface area contributed by atoms with Gasteiger partial charge in [-0.2, -0.15) is 0 Å². The number of hydrogen-bond donors (Lipinski definition) is 1. The second kappa shape index (κ2) is 8.67. The average Bonchev–Trinajstić information content (AvgIpc) is 3.45. The number of carbonyl (C=O) groups excluding carboxylic acids is 3. The summed E-state index contributed by atoms with van der Waals surface area (Å²) in [6.45, 7) is 6.26. The number of hydrogen-bond acceptors (Lipinski definition) is 6. The Hall–Kier alpha value is -4.13. The molecule has 1 N–H and O–H groups in total. The highest BCUT2D eigenvalue weighted by molar-refractivity contribution is 6.20. The van der Waals surface area contributed by atoms with E-state index < -0.39 is 29.5 Å². The monoisotopic (exact) mass is 459 g/mol. The number of rotatable bonds is 5. The van der Waals surface area contributed by atoms with Crippen LogP contribution < -0.4 is 4.90 Å². The van der Waals surface area contributed by atoms with Gasteiger partial charge in [0.25, 0.3) is 5.91 Å². The molecule has 0 bridgehead atoms. The van der Waals surface area contributed by atoms with Crippen LogP contribution in [0.1, 0.15) is 58.9 Å². The number of ketones is 1. The number of aliphatic hydroxyl groups is 1. The van der Waals surface area contributed by atoms with E-state index in [4.69, 9.17) is 9.15 Å². The lowest BCUT2D eigenvalue weighted by Gasteiger charge is -2.28. The third kappa shape index (κ3) is 4.01. The van der Waals surface area contributed by atoms with E-state index in [-0.39, 0.29) is 22.3 Å². The highest BCUT2D eigenvalue weighted by atomic mass is 16.5. The lowest BCUT2D eigenvalue weighted by molar-refractivity contribution is -0.117. The highest BCUT2D eigenvalue weighted by Gasteiger charge is 2.45. The maximum atomic E-state index is 13.3. The first-order valence-corrected chi connectivity index (χ1v) is 10.8. The number of nitrogens with zero attached hydrogens (tertiary/aromatic N) is 1. The quantitative estimate of drug-likeness (QED) is 0.419. The van der Waals surface area contributed by atoms with Gasteiger partial charge in [-0.05, 0) is 46.9 Å². The van der Waals surface area contributed by atoms with Crippen LogP contribution in [0.3, 0.4) is 0 Å². The van der Waals surface area contributed by atoms with Crippen LogP contribution in [0.15, 0.2) is 82.7 Å². The molecule has 1 atom stereocenters. The SMILES string of the molecule is COC(=O)c1cccc(N2C(=O)C(O)=C(C(=O)c3ccco3)C2c2ccc(C(C)(C)C)cc2)c1. The molecule has 1 amide bonds. The van der Waals surface area contributed by atoms with Crippen molar-refractivity contribution in [3.63, 3.8) is 0 Å². The maximum Gasteiger partial charge on any atom is 0.337 e. The summed E-state index contributed by atoms with van der Waals surface area (Å²) < 4.78 is 10.1. The Morgan fingerprint density at radius 2 is 1.74 bits per heavy atom. The lowest BCUT2D eigenvalue weighted by Crippen LogP contribution is -2.31. The van der Waals surface area contributed by atoms with Crippen molar-refractivity contribution in [2.24, 2.45) is 0 Å². The largest absolute Gasteiger partial charge is 0.503 e. The number of esters is 1. The molecule has 2 aromatic carbocycles. The lowest BCUT2D eigenvalue weighted by atomic mass is 9.85. The van der Waals surface area contributed by atoms with Crippen LogP contribution in [-0.2, 0) is 14.9 Å². The van der Waals surface area contributed by atoms with Gasteiger partial charge in [0.2, 0.25) is 5.78 Å². The normalized spacial score (nSPS) is 16.2. The molecule has 0 saturated heterocycles. The van der Waals surface area contributed by atoms with Gasteiger partial charge >= 0.3 is 5.97 Å². The molecule has 1 aliphatic rings. The Kier molecular flexibility index (Phi) is 5.87. The number of benzene rings is 2. The summed E-state index contributed by atoms with van der Waals surface area (Å²) in [7, 11) is 1.27. The molecule has 3 aromatic rings. The highest BCUT2D eigenvalue weighted by Crippen LogP contribution is 2.42. The molecule has 1 aromatic heterocycles. The van der Waals surface area contributed by atoms with Crippen LogP contribution in [0.4, 0.5) is 5.69 Å². The van der Waals surface area contributed by atoms with Crippen LogP contribution in [0.2, 0.25) is 0 Å². The van der Waals surface area contributed by atoms with Crippen LogP contribution in [-0.4, -0.2) is 29.9 Å². The zero-order valence-corrected chi connectivity index (χ0v) is 19.4. The zero-order valence-electron chi connectivity index (χ0n) is 19.4. The molecular weight excluding hydrogens is 434 g/mol. The second-order valence-electron chi connectivity index (χ2n) is 9.06. The summed E-state index contributed by atoms with van der Waals surface area (Å²) in [5.41, 5.74) is 2.10. The van der Waals surface area contributed by atoms with Crippen molar-refractivity contribution < 1.29 is 28.6 Å². The molecule has 0 aliphatic carbocycles. The third-order valence-corrected chi connectivity index (χ3v) is 5.84. The fourth-order valence-electron chi connectivity index (χ4n) is 4.03. The fourth-order valence-corrected chi connectivity index (χ4v) is 4.03. The van der Waals surface area contributed by atoms with Gasteiger partial charge in [-0.15, -0.1) is 0 Å². The molecule has 34 heavy (non-hydrogen) atoms. The van der Waals surface area contributed by atoms with Crippen molar-refractivity contribution in [3.05, 3.63) is 101 Å². The molecule has 4 rings (SSSR count). The Morgan fingerprint density at radius 1 is 1.03 bits per heavy atom. The number of anilines is 1. The predicted octanol–water partition coefficient (Wildman–Crippen LogP) is 5.15. The van der Waals surface area contributed by atoms with E-state index in [9.17, 15) is 19.5 Å². The number of furan rings is 1. The Morgan fingerprint density at radius 3 is 2.32 bits per heavy atom. The van der Waals surface area contributed by atoms with Crippen LogP contribution in [0, 0.1) is 0 Å². The predicted molar refractivity (Wildman–Crippen MR) is 126 cm³/mol.